The molecule has 0 saturated heterocycles. The van der Waals surface area contributed by atoms with Crippen molar-refractivity contribution in [2.45, 2.75) is 122 Å². The highest BCUT2D eigenvalue weighted by atomic mass is 32.2. The molecule has 1 unspecified atom stereocenters. The van der Waals surface area contributed by atoms with Gasteiger partial charge in [-0.05, 0) is 115 Å². The van der Waals surface area contributed by atoms with Gasteiger partial charge in [0.1, 0.15) is 35.4 Å². The number of unbranched alkanes of at least 4 members (excludes halogenated alkanes) is 5. The van der Waals surface area contributed by atoms with Gasteiger partial charge in [0.2, 0.25) is 0 Å². The smallest absolute Gasteiger partial charge is 0.582 e. The number of carbonyl (C=O) groups excluding carboxylic acids is 1. The van der Waals surface area contributed by atoms with Gasteiger partial charge >= 0.3 is 8.88 Å². The predicted molar refractivity (Wildman–Crippen MR) is 435 cm³/mol. The van der Waals surface area contributed by atoms with Gasteiger partial charge in [-0.25, -0.2) is 46.8 Å². The number of amidine groups is 4. The second-order valence-electron chi connectivity index (χ2n) is 30.4. The Bertz CT molecular complexity index is 4940. The number of aromatic nitrogens is 2. The van der Waals surface area contributed by atoms with Crippen molar-refractivity contribution in [3.8, 4) is 0 Å². The second-order valence-corrected chi connectivity index (χ2v) is 49.8. The van der Waals surface area contributed by atoms with E-state index in [1.54, 1.807) is 0 Å². The Hall–Kier alpha value is -6.21. The number of ether oxygens (including phenoxy) is 4. The van der Waals surface area contributed by atoms with E-state index in [-0.39, 0.29) is 67.5 Å². The lowest BCUT2D eigenvalue weighted by Gasteiger charge is -2.44. The van der Waals surface area contributed by atoms with Crippen molar-refractivity contribution in [2.75, 3.05) is 134 Å². The maximum atomic E-state index is 12.1. The lowest BCUT2D eigenvalue weighted by molar-refractivity contribution is -0.929. The largest absolute Gasteiger partial charge is 0.748 e. The molecular formula is C73H104N10O22S5Si3. The van der Waals surface area contributed by atoms with Crippen LogP contribution in [-0.2, 0) is 82.6 Å². The summed E-state index contributed by atoms with van der Waals surface area (Å²) in [6, 6.07) is 31.8. The molecule has 6 bridgehead atoms. The molecule has 4 aliphatic rings. The van der Waals surface area contributed by atoms with Gasteiger partial charge in [0.25, 0.3) is 30.4 Å². The van der Waals surface area contributed by atoms with E-state index < -0.39 is 105 Å². The summed E-state index contributed by atoms with van der Waals surface area (Å²) in [7, 11) is -34.3. The Morgan fingerprint density at radius 1 is 0.381 bits per heavy atom. The standard InChI is InChI=1S/C73H104N10O22S5Si3/c1-111(2,56-23-39-82(34-13-18-51-106(85,86)87,35-14-19-52-107(88,89)90)36-15-20-53-108(91,92)93)104-113(105-112(3,4)57-24-40-83(37-16-21-54-109(94,95)96,38-17-22-55-110(97,98)99)41-44-101-46-48-103-50-49-102-47-45-100-43-25-42-84)80-70-62-30-9-10-31-63(62)72(80)78-68-60-28-7-8-29-61(60)69(75-68)79-73-65-33-12-11-32-64(65)71(81(73)113)77-67-59-27-6-5-26-58(59)66(74-67)76-70/h5-12,26-33,42H,13-25,34-41,43-57H2,1-4H3,(H3-2,85,86,87,88,89,90,91,92,93,94,95,96,97,98,99). The van der Waals surface area contributed by atoms with E-state index in [1.807, 2.05) is 106 Å². The summed E-state index contributed by atoms with van der Waals surface area (Å²) in [6.07, 6.45) is 3.74. The first-order valence-corrected chi connectivity index (χ1v) is 54.3. The molecule has 4 aromatic carbocycles. The van der Waals surface area contributed by atoms with Gasteiger partial charge in [0.05, 0.1) is 136 Å². The molecule has 40 heteroatoms. The van der Waals surface area contributed by atoms with E-state index in [0.717, 1.165) is 6.29 Å². The normalized spacial score (nSPS) is 16.0. The van der Waals surface area contributed by atoms with E-state index in [4.69, 9.17) is 57.1 Å². The summed E-state index contributed by atoms with van der Waals surface area (Å²) in [5.41, 5.74) is 3.61. The fourth-order valence-electron chi connectivity index (χ4n) is 15.3. The number of quaternary nitrogens is 2. The van der Waals surface area contributed by atoms with E-state index in [0.29, 0.717) is 232 Å². The van der Waals surface area contributed by atoms with Crippen LogP contribution in [0.1, 0.15) is 106 Å². The van der Waals surface area contributed by atoms with Crippen LogP contribution in [-0.4, -0.2) is 271 Å². The summed E-state index contributed by atoms with van der Waals surface area (Å²) in [4.78, 5) is 43.9. The average molecular weight is 1720 g/mol. The molecule has 2 aromatic heterocycles. The zero-order chi connectivity index (χ0) is 81.4. The van der Waals surface area contributed by atoms with Crippen LogP contribution >= 0.6 is 0 Å². The Balaban J connectivity index is 1.12. The van der Waals surface area contributed by atoms with Crippen LogP contribution in [0.2, 0.25) is 38.3 Å². The highest BCUT2D eigenvalue weighted by Gasteiger charge is 2.58. The third kappa shape index (κ3) is 25.4. The average Bonchev–Trinajstić information content (AvgIpc) is 1.53. The number of carbonyl (C=O) groups is 1. The molecule has 3 N–H and O–H groups in total. The summed E-state index contributed by atoms with van der Waals surface area (Å²) >= 11 is 0. The maximum Gasteiger partial charge on any atom is 0.582 e. The van der Waals surface area contributed by atoms with Crippen molar-refractivity contribution in [1.29, 1.82) is 0 Å². The minimum absolute atomic E-state index is 0.0490. The molecule has 4 aliphatic heterocycles. The molecule has 620 valence electrons. The first-order valence-electron chi connectivity index (χ1n) is 38.3. The monoisotopic (exact) mass is 1720 g/mol. The van der Waals surface area contributed by atoms with Crippen LogP contribution < -0.4 is 11.0 Å². The van der Waals surface area contributed by atoms with E-state index in [9.17, 15) is 69.6 Å². The van der Waals surface area contributed by atoms with Gasteiger partial charge in [-0.15, -0.1) is 0 Å². The quantitative estimate of drug-likeness (QED) is 0.0109. The van der Waals surface area contributed by atoms with E-state index in [1.165, 1.54) is 0 Å². The zero-order valence-corrected chi connectivity index (χ0v) is 71.5. The minimum Gasteiger partial charge on any atom is -0.748 e. The van der Waals surface area contributed by atoms with Crippen LogP contribution in [0, 0.1) is 0 Å². The SMILES string of the molecule is C[Si](C)(CCC[N+](CCCCS(=O)(=O)O)(CCCCS(=O)(=O)O)CCCCS(=O)(=O)O)O[Si]1(O[Si](C)(C)CCC[N+](CCCCS(=O)(=O)[O-])(CCCCS(=O)(=O)[O-])CCOCCOCCOCCOCCC=O)n2c3c4ccccc4c2N=C2N=C(N=c4c5ccccc5c(n41)=NC1=NC(=N3)c3ccccc31)c1ccccc12. The van der Waals surface area contributed by atoms with Gasteiger partial charge in [-0.1, -0.05) is 97.1 Å². The highest BCUT2D eigenvalue weighted by Crippen LogP contribution is 2.46. The summed E-state index contributed by atoms with van der Waals surface area (Å²) in [5, 5.41) is 2.65. The fourth-order valence-corrected chi connectivity index (χ4v) is 30.7. The minimum atomic E-state index is -4.98. The highest BCUT2D eigenvalue weighted by molar-refractivity contribution is 7.86. The topological polar surface area (TPSA) is 434 Å². The first kappa shape index (κ1) is 89.1. The number of aldehydes is 1. The molecule has 0 fully saturated rings. The van der Waals surface area contributed by atoms with Crippen molar-refractivity contribution in [1.82, 2.24) is 8.47 Å². The summed E-state index contributed by atoms with van der Waals surface area (Å²) in [5.74, 6) is -0.561. The summed E-state index contributed by atoms with van der Waals surface area (Å²) < 4.78 is 220. The predicted octanol–water partition coefficient (Wildman–Crippen LogP) is 7.54. The third-order valence-corrected chi connectivity index (χ3v) is 36.2. The Labute approximate surface area is 664 Å². The fraction of sp³-hybridized carbons (Fsp3) is 0.548. The van der Waals surface area contributed by atoms with Crippen LogP contribution in [0.25, 0.3) is 21.5 Å². The van der Waals surface area contributed by atoms with Crippen LogP contribution in [0.5, 0.6) is 0 Å². The molecule has 113 heavy (non-hydrogen) atoms. The third-order valence-electron chi connectivity index (χ3n) is 20.6. The molecule has 0 amide bonds. The van der Waals surface area contributed by atoms with Crippen LogP contribution in [0.15, 0.2) is 127 Å². The number of rotatable bonds is 52. The Morgan fingerprint density at radius 2 is 0.681 bits per heavy atom. The Kier molecular flexibility index (Phi) is 30.7. The van der Waals surface area contributed by atoms with Gasteiger partial charge in [-0.3, -0.25) is 22.1 Å². The summed E-state index contributed by atoms with van der Waals surface area (Å²) in [6.45, 7) is 13.4. The van der Waals surface area contributed by atoms with E-state index in [2.05, 4.69) is 26.2 Å². The first-order chi connectivity index (χ1) is 53.5. The lowest BCUT2D eigenvalue weighted by atomic mass is 10.1. The number of nitrogens with zero attached hydrogens (tertiary/aromatic N) is 10. The van der Waals surface area contributed by atoms with Crippen molar-refractivity contribution in [3.63, 3.8) is 0 Å². The van der Waals surface area contributed by atoms with Gasteiger partial charge in [0.15, 0.2) is 40.0 Å². The second kappa shape index (κ2) is 38.9. The molecule has 0 aliphatic carbocycles. The number of fused-ring (bicyclic) bond motifs is 14. The zero-order valence-electron chi connectivity index (χ0n) is 64.4. The van der Waals surface area contributed by atoms with Crippen molar-refractivity contribution < 1.29 is 106 Å². The molecule has 32 nitrogen and oxygen atoms in total. The van der Waals surface area contributed by atoms with Crippen molar-refractivity contribution in [3.05, 3.63) is 130 Å². The van der Waals surface area contributed by atoms with E-state index >= 15 is 0 Å². The molecule has 0 saturated carbocycles. The van der Waals surface area contributed by atoms with Gasteiger partial charge in [0, 0.05) is 61.7 Å². The van der Waals surface area contributed by atoms with Crippen molar-refractivity contribution in [2.24, 2.45) is 30.0 Å². The molecule has 6 aromatic rings. The maximum absolute atomic E-state index is 12.1. The number of hydrogen-bond acceptors (Lipinski definition) is 25. The molecule has 1 atom stereocenters. The molecule has 10 rings (SSSR count). The number of aliphatic imine (C=N–C) groups is 4. The molecular weight excluding hydrogens is 1610 g/mol. The Morgan fingerprint density at radius 3 is 1.03 bits per heavy atom. The van der Waals surface area contributed by atoms with Gasteiger partial charge < -0.3 is 50.0 Å². The van der Waals surface area contributed by atoms with Crippen LogP contribution in [0.3, 0.4) is 0 Å². The molecule has 0 spiro atoms. The number of benzene rings is 4. The van der Waals surface area contributed by atoms with Crippen molar-refractivity contribution >= 4 is 139 Å². The number of hydrogen-bond donors (Lipinski definition) is 3. The molecule has 6 heterocycles. The van der Waals surface area contributed by atoms with Crippen LogP contribution in [0.4, 0.5) is 11.6 Å². The lowest BCUT2D eigenvalue weighted by Crippen LogP contribution is -2.70. The van der Waals surface area contributed by atoms with Gasteiger partial charge in [-0.2, -0.15) is 25.3 Å². The molecule has 0 radical (unpaired) electrons.